The van der Waals surface area contributed by atoms with E-state index in [0.717, 1.165) is 18.4 Å². The Labute approximate surface area is 97.9 Å². The van der Waals surface area contributed by atoms with Crippen LogP contribution in [0.2, 0.25) is 0 Å². The van der Waals surface area contributed by atoms with Crippen molar-refractivity contribution in [3.8, 4) is 0 Å². The van der Waals surface area contributed by atoms with Crippen molar-refractivity contribution in [3.05, 3.63) is 18.0 Å². The first-order valence-corrected chi connectivity index (χ1v) is 5.82. The van der Waals surface area contributed by atoms with Crippen molar-refractivity contribution in [2.24, 2.45) is 7.05 Å². The van der Waals surface area contributed by atoms with Crippen LogP contribution in [0.5, 0.6) is 0 Å². The van der Waals surface area contributed by atoms with Gasteiger partial charge in [0.05, 0.1) is 11.7 Å². The lowest BCUT2D eigenvalue weighted by atomic mass is 9.82. The average Bonchev–Trinajstić information content (AvgIpc) is 2.66. The second-order valence-electron chi connectivity index (χ2n) is 4.55. The molecule has 1 unspecified atom stereocenters. The normalized spacial score (nSPS) is 14.4. The third kappa shape index (κ3) is 2.13. The van der Waals surface area contributed by atoms with Crippen LogP contribution in [0.3, 0.4) is 0 Å². The fraction of sp³-hybridized carbons (Fsp3) is 0.750. The van der Waals surface area contributed by atoms with Gasteiger partial charge in [0.15, 0.2) is 0 Å². The molecule has 0 saturated heterocycles. The molecule has 0 aliphatic carbocycles. The van der Waals surface area contributed by atoms with E-state index in [4.69, 9.17) is 0 Å². The molecule has 92 valence electrons. The molecule has 0 fully saturated rings. The smallest absolute Gasteiger partial charge is 0.100 e. The third-order valence-electron chi connectivity index (χ3n) is 3.66. The van der Waals surface area contributed by atoms with Crippen LogP contribution in [-0.2, 0) is 7.05 Å². The van der Waals surface area contributed by atoms with Crippen LogP contribution in [0.25, 0.3) is 0 Å². The zero-order chi connectivity index (χ0) is 12.3. The fourth-order valence-corrected chi connectivity index (χ4v) is 2.41. The molecule has 0 amide bonds. The molecule has 1 aromatic rings. The molecule has 4 heteroatoms. The predicted molar refractivity (Wildman–Crippen MR) is 65.2 cm³/mol. The molecule has 0 spiro atoms. The van der Waals surface area contributed by atoms with Gasteiger partial charge < -0.3 is 10.0 Å². The summed E-state index contributed by atoms with van der Waals surface area (Å²) in [6, 6.07) is 0. The number of rotatable bonds is 5. The highest BCUT2D eigenvalue weighted by molar-refractivity contribution is 5.14. The van der Waals surface area contributed by atoms with Gasteiger partial charge in [0, 0.05) is 18.8 Å². The molecule has 0 bridgehead atoms. The molecule has 16 heavy (non-hydrogen) atoms. The number of aliphatic hydroxyl groups is 1. The Kier molecular flexibility index (Phi) is 4.10. The van der Waals surface area contributed by atoms with Crippen molar-refractivity contribution in [1.82, 2.24) is 14.7 Å². The van der Waals surface area contributed by atoms with E-state index in [1.807, 2.05) is 27.3 Å². The number of likely N-dealkylation sites (N-methyl/N-ethyl adjacent to an activating group) is 1. The zero-order valence-corrected chi connectivity index (χ0v) is 10.9. The Morgan fingerprint density at radius 1 is 1.44 bits per heavy atom. The lowest BCUT2D eigenvalue weighted by Crippen LogP contribution is -2.48. The maximum Gasteiger partial charge on any atom is 0.100 e. The second-order valence-corrected chi connectivity index (χ2v) is 4.55. The summed E-state index contributed by atoms with van der Waals surface area (Å²) in [6.45, 7) is 4.23. The first-order valence-electron chi connectivity index (χ1n) is 5.82. The lowest BCUT2D eigenvalue weighted by molar-refractivity contribution is -0.0150. The highest BCUT2D eigenvalue weighted by atomic mass is 16.3. The van der Waals surface area contributed by atoms with Crippen LogP contribution in [0.1, 0.15) is 38.4 Å². The van der Waals surface area contributed by atoms with Crippen molar-refractivity contribution >= 4 is 0 Å². The maximum atomic E-state index is 10.5. The number of hydrogen-bond donors (Lipinski definition) is 1. The summed E-state index contributed by atoms with van der Waals surface area (Å²) in [5.41, 5.74) is 0.683. The second kappa shape index (κ2) is 4.97. The monoisotopic (exact) mass is 225 g/mol. The van der Waals surface area contributed by atoms with E-state index in [9.17, 15) is 5.11 Å². The van der Waals surface area contributed by atoms with E-state index in [2.05, 4.69) is 23.8 Å². The van der Waals surface area contributed by atoms with E-state index in [-0.39, 0.29) is 5.54 Å². The topological polar surface area (TPSA) is 41.3 Å². The van der Waals surface area contributed by atoms with Gasteiger partial charge in [-0.1, -0.05) is 13.8 Å². The first-order chi connectivity index (χ1) is 7.47. The number of aromatic nitrogens is 2. The molecule has 0 aliphatic rings. The zero-order valence-electron chi connectivity index (χ0n) is 10.9. The molecule has 0 saturated carbocycles. The molecule has 0 aliphatic heterocycles. The minimum absolute atomic E-state index is 0.205. The van der Waals surface area contributed by atoms with E-state index >= 15 is 0 Å². The Hall–Kier alpha value is -0.870. The largest absolute Gasteiger partial charge is 0.386 e. The fourth-order valence-electron chi connectivity index (χ4n) is 2.41. The maximum absolute atomic E-state index is 10.5. The Morgan fingerprint density at radius 3 is 2.31 bits per heavy atom. The highest BCUT2D eigenvalue weighted by Crippen LogP contribution is 2.35. The van der Waals surface area contributed by atoms with E-state index in [1.165, 1.54) is 0 Å². The van der Waals surface area contributed by atoms with Gasteiger partial charge in [-0.05, 0) is 26.9 Å². The van der Waals surface area contributed by atoms with Gasteiger partial charge >= 0.3 is 0 Å². The van der Waals surface area contributed by atoms with Crippen LogP contribution < -0.4 is 0 Å². The van der Waals surface area contributed by atoms with Crippen LogP contribution >= 0.6 is 0 Å². The molecule has 4 nitrogen and oxygen atoms in total. The van der Waals surface area contributed by atoms with Crippen molar-refractivity contribution < 1.29 is 5.11 Å². The lowest BCUT2D eigenvalue weighted by Gasteiger charge is -2.42. The summed E-state index contributed by atoms with van der Waals surface area (Å²) in [5.74, 6) is 0. The summed E-state index contributed by atoms with van der Waals surface area (Å²) in [7, 11) is 5.91. The standard InChI is InChI=1S/C12H23N3O/c1-6-12(7-2,14(3)4)11(16)10-8-13-15(5)9-10/h8-9,11,16H,6-7H2,1-5H3. The molecule has 1 N–H and O–H groups in total. The van der Waals surface area contributed by atoms with Gasteiger partial charge in [0.2, 0.25) is 0 Å². The van der Waals surface area contributed by atoms with Crippen molar-refractivity contribution in [3.63, 3.8) is 0 Å². The Bertz CT molecular complexity index is 329. The van der Waals surface area contributed by atoms with Crippen LogP contribution in [-0.4, -0.2) is 39.4 Å². The van der Waals surface area contributed by atoms with Crippen LogP contribution in [0, 0.1) is 0 Å². The molecular weight excluding hydrogens is 202 g/mol. The van der Waals surface area contributed by atoms with Crippen molar-refractivity contribution in [2.75, 3.05) is 14.1 Å². The van der Waals surface area contributed by atoms with Gasteiger partial charge in [0.25, 0.3) is 0 Å². The number of hydrogen-bond acceptors (Lipinski definition) is 3. The quantitative estimate of drug-likeness (QED) is 0.827. The van der Waals surface area contributed by atoms with E-state index < -0.39 is 6.10 Å². The van der Waals surface area contributed by atoms with Gasteiger partial charge in [0.1, 0.15) is 6.10 Å². The van der Waals surface area contributed by atoms with E-state index in [0.29, 0.717) is 0 Å². The predicted octanol–water partition coefficient (Wildman–Crippen LogP) is 1.57. The van der Waals surface area contributed by atoms with Crippen molar-refractivity contribution in [1.29, 1.82) is 0 Å². The molecule has 1 rings (SSSR count). The van der Waals surface area contributed by atoms with Gasteiger partial charge in [-0.2, -0.15) is 5.10 Å². The van der Waals surface area contributed by atoms with Crippen LogP contribution in [0.4, 0.5) is 0 Å². The minimum atomic E-state index is -0.494. The van der Waals surface area contributed by atoms with Crippen LogP contribution in [0.15, 0.2) is 12.4 Å². The summed E-state index contributed by atoms with van der Waals surface area (Å²) >= 11 is 0. The molecule has 1 heterocycles. The minimum Gasteiger partial charge on any atom is -0.386 e. The molecular formula is C12H23N3O. The number of aliphatic hydroxyl groups excluding tert-OH is 1. The summed E-state index contributed by atoms with van der Waals surface area (Å²) < 4.78 is 1.73. The van der Waals surface area contributed by atoms with E-state index in [1.54, 1.807) is 10.9 Å². The summed E-state index contributed by atoms with van der Waals surface area (Å²) in [5, 5.41) is 14.6. The SMILES string of the molecule is CCC(CC)(C(O)c1cnn(C)c1)N(C)C. The summed E-state index contributed by atoms with van der Waals surface area (Å²) in [6.07, 6.45) is 4.95. The molecule has 0 aromatic carbocycles. The van der Waals surface area contributed by atoms with Crippen molar-refractivity contribution in [2.45, 2.75) is 38.3 Å². The number of nitrogens with zero attached hydrogens (tertiary/aromatic N) is 3. The first kappa shape index (κ1) is 13.2. The molecule has 0 radical (unpaired) electrons. The average molecular weight is 225 g/mol. The Balaban J connectivity index is 3.04. The molecule has 1 atom stereocenters. The molecule has 1 aromatic heterocycles. The highest BCUT2D eigenvalue weighted by Gasteiger charge is 2.38. The third-order valence-corrected chi connectivity index (χ3v) is 3.66. The van der Waals surface area contributed by atoms with Gasteiger partial charge in [-0.25, -0.2) is 0 Å². The van der Waals surface area contributed by atoms with Gasteiger partial charge in [-0.15, -0.1) is 0 Å². The Morgan fingerprint density at radius 2 is 2.00 bits per heavy atom. The van der Waals surface area contributed by atoms with Gasteiger partial charge in [-0.3, -0.25) is 4.68 Å². The summed E-state index contributed by atoms with van der Waals surface area (Å²) in [4.78, 5) is 2.12. The number of aryl methyl sites for hydroxylation is 1.